The number of piperazine rings is 1. The van der Waals surface area contributed by atoms with E-state index in [1.54, 1.807) is 60.7 Å². The fraction of sp³-hybridized carbons (Fsp3) is 0.412. The summed E-state index contributed by atoms with van der Waals surface area (Å²) in [7, 11) is -2.56. The predicted molar refractivity (Wildman–Crippen MR) is 173 cm³/mol. The predicted octanol–water partition coefficient (Wildman–Crippen LogP) is 5.74. The van der Waals surface area contributed by atoms with Gasteiger partial charge in [0.25, 0.3) is 0 Å². The summed E-state index contributed by atoms with van der Waals surface area (Å²) < 4.78 is 49.1. The first kappa shape index (κ1) is 34.6. The van der Waals surface area contributed by atoms with Gasteiger partial charge in [0, 0.05) is 42.5 Å². The molecule has 45 heavy (non-hydrogen) atoms. The van der Waals surface area contributed by atoms with Crippen molar-refractivity contribution in [2.45, 2.75) is 69.0 Å². The van der Waals surface area contributed by atoms with Crippen molar-refractivity contribution in [3.8, 4) is 0 Å². The maximum absolute atomic E-state index is 15.4. The second kappa shape index (κ2) is 15.3. The molecule has 0 aromatic heterocycles. The molecule has 4 atom stereocenters. The maximum atomic E-state index is 15.4. The van der Waals surface area contributed by atoms with Crippen molar-refractivity contribution >= 4 is 33.5 Å². The lowest BCUT2D eigenvalue weighted by Crippen LogP contribution is -2.58. The highest BCUT2D eigenvalue weighted by Crippen LogP contribution is 2.32. The summed E-state index contributed by atoms with van der Waals surface area (Å²) in [6, 6.07) is 18.4. The molecule has 8 nitrogen and oxygen atoms in total. The number of halogens is 2. The Bertz CT molecular complexity index is 1590. The molecule has 0 radical (unpaired) electrons. The summed E-state index contributed by atoms with van der Waals surface area (Å²) in [6.07, 6.45) is -0.339. The number of benzene rings is 3. The van der Waals surface area contributed by atoms with Gasteiger partial charge in [-0.3, -0.25) is 4.79 Å². The van der Waals surface area contributed by atoms with Crippen LogP contribution >= 0.6 is 11.6 Å². The van der Waals surface area contributed by atoms with E-state index >= 15 is 4.39 Å². The Morgan fingerprint density at radius 2 is 1.78 bits per heavy atom. The van der Waals surface area contributed by atoms with Gasteiger partial charge in [-0.05, 0) is 72.7 Å². The summed E-state index contributed by atoms with van der Waals surface area (Å²) in [5.41, 5.74) is 1.62. The molecular formula is C34H41ClFN3O5S. The maximum Gasteiger partial charge on any atom is 0.407 e. The number of methoxy groups -OCH3 is 1. The summed E-state index contributed by atoms with van der Waals surface area (Å²) in [5, 5.41) is 6.52. The SMILES string of the molecule is COC(=O)N[C@H](C(=O)Cc1cccc(F)c1CC[C@H]1CNC[C@H](C)N1S(=O)(=O)c1ccccc1)[C@@H](c1cccc(Cl)c1)C(C)C. The zero-order chi connectivity index (χ0) is 32.7. The third-order valence-electron chi connectivity index (χ3n) is 8.36. The van der Waals surface area contributed by atoms with Crippen molar-refractivity contribution in [2.75, 3.05) is 20.2 Å². The van der Waals surface area contributed by atoms with E-state index in [4.69, 9.17) is 16.3 Å². The van der Waals surface area contributed by atoms with Crippen molar-refractivity contribution in [3.63, 3.8) is 0 Å². The lowest BCUT2D eigenvalue weighted by atomic mass is 9.79. The third-order valence-corrected chi connectivity index (χ3v) is 10.7. The fourth-order valence-corrected chi connectivity index (χ4v) is 8.33. The van der Waals surface area contributed by atoms with Crippen LogP contribution < -0.4 is 10.6 Å². The van der Waals surface area contributed by atoms with Crippen LogP contribution in [0.4, 0.5) is 9.18 Å². The van der Waals surface area contributed by atoms with E-state index < -0.39 is 39.9 Å². The standard InChI is InChI=1S/C34H41ClFN3O5S/c1-22(2)32(25-11-8-12-26(35)18-25)33(38-34(41)44-4)31(40)19-24-10-9-15-30(36)29(24)17-16-27-21-37-20-23(3)39(27)45(42,43)28-13-6-5-7-14-28/h5-15,18,22-23,27,32-33,37H,16-17,19-21H2,1-4H3,(H,38,41)/t23-,27-,32+,33+/m0/s1. The minimum atomic E-state index is -3.79. The fourth-order valence-electron chi connectivity index (χ4n) is 6.27. The van der Waals surface area contributed by atoms with Crippen molar-refractivity contribution in [1.82, 2.24) is 14.9 Å². The topological polar surface area (TPSA) is 105 Å². The van der Waals surface area contributed by atoms with Crippen LogP contribution in [-0.2, 0) is 32.4 Å². The molecule has 1 saturated heterocycles. The van der Waals surface area contributed by atoms with E-state index in [9.17, 15) is 18.0 Å². The molecule has 3 aromatic carbocycles. The van der Waals surface area contributed by atoms with E-state index in [0.29, 0.717) is 35.7 Å². The van der Waals surface area contributed by atoms with E-state index in [2.05, 4.69) is 10.6 Å². The van der Waals surface area contributed by atoms with Gasteiger partial charge in [-0.2, -0.15) is 4.31 Å². The van der Waals surface area contributed by atoms with Crippen molar-refractivity contribution in [1.29, 1.82) is 0 Å². The number of nitrogens with zero attached hydrogens (tertiary/aromatic N) is 1. The number of carbonyl (C=O) groups is 2. The van der Waals surface area contributed by atoms with Crippen molar-refractivity contribution in [2.24, 2.45) is 5.92 Å². The first-order chi connectivity index (χ1) is 21.4. The Morgan fingerprint density at radius 3 is 2.44 bits per heavy atom. The van der Waals surface area contributed by atoms with Gasteiger partial charge >= 0.3 is 6.09 Å². The minimum absolute atomic E-state index is 0.0695. The number of sulfonamides is 1. The van der Waals surface area contributed by atoms with Crippen LogP contribution in [0.1, 0.15) is 49.8 Å². The van der Waals surface area contributed by atoms with Crippen LogP contribution in [0, 0.1) is 11.7 Å². The summed E-state index contributed by atoms with van der Waals surface area (Å²) in [5.74, 6) is -1.28. The van der Waals surface area contributed by atoms with Gasteiger partial charge in [0.1, 0.15) is 5.82 Å². The molecular weight excluding hydrogens is 617 g/mol. The van der Waals surface area contributed by atoms with Gasteiger partial charge in [0.15, 0.2) is 5.78 Å². The Morgan fingerprint density at radius 1 is 1.07 bits per heavy atom. The molecule has 3 aromatic rings. The third kappa shape index (κ3) is 8.30. The van der Waals surface area contributed by atoms with E-state index in [1.165, 1.54) is 17.5 Å². The Hall–Kier alpha value is -3.31. The average molecular weight is 658 g/mol. The Balaban J connectivity index is 1.61. The first-order valence-electron chi connectivity index (χ1n) is 15.1. The van der Waals surface area contributed by atoms with Gasteiger partial charge in [0.2, 0.25) is 10.0 Å². The van der Waals surface area contributed by atoms with Crippen LogP contribution in [0.3, 0.4) is 0 Å². The number of hydrogen-bond acceptors (Lipinski definition) is 6. The molecule has 11 heteroatoms. The van der Waals surface area contributed by atoms with Crippen LogP contribution in [-0.4, -0.2) is 62.9 Å². The zero-order valence-corrected chi connectivity index (χ0v) is 27.6. The minimum Gasteiger partial charge on any atom is -0.453 e. The molecule has 4 rings (SSSR count). The molecule has 1 amide bonds. The smallest absolute Gasteiger partial charge is 0.407 e. The zero-order valence-electron chi connectivity index (χ0n) is 26.0. The molecule has 0 aliphatic carbocycles. The van der Waals surface area contributed by atoms with E-state index in [1.807, 2.05) is 26.8 Å². The molecule has 0 unspecified atom stereocenters. The van der Waals surface area contributed by atoms with E-state index in [-0.39, 0.29) is 35.5 Å². The molecule has 0 saturated carbocycles. The highest BCUT2D eigenvalue weighted by atomic mass is 35.5. The normalized spacial score (nSPS) is 18.7. The average Bonchev–Trinajstić information content (AvgIpc) is 3.00. The molecule has 2 N–H and O–H groups in total. The van der Waals surface area contributed by atoms with Crippen molar-refractivity contribution in [3.05, 3.63) is 100 Å². The Kier molecular flexibility index (Phi) is 11.8. The van der Waals surface area contributed by atoms with Gasteiger partial charge in [0.05, 0.1) is 18.0 Å². The van der Waals surface area contributed by atoms with Crippen LogP contribution in [0.25, 0.3) is 0 Å². The summed E-state index contributed by atoms with van der Waals surface area (Å²) in [4.78, 5) is 26.6. The lowest BCUT2D eigenvalue weighted by Gasteiger charge is -2.40. The van der Waals surface area contributed by atoms with Crippen molar-refractivity contribution < 1.29 is 27.1 Å². The van der Waals surface area contributed by atoms with Crippen LogP contribution in [0.2, 0.25) is 5.02 Å². The number of Topliss-reactive ketones (excluding diaryl/α,β-unsaturated/α-hetero) is 1. The molecule has 1 aliphatic rings. The molecule has 1 fully saturated rings. The van der Waals surface area contributed by atoms with Gasteiger partial charge < -0.3 is 15.4 Å². The van der Waals surface area contributed by atoms with Crippen LogP contribution in [0.5, 0.6) is 0 Å². The second-order valence-electron chi connectivity index (χ2n) is 11.8. The number of rotatable bonds is 12. The highest BCUT2D eigenvalue weighted by molar-refractivity contribution is 7.89. The largest absolute Gasteiger partial charge is 0.453 e. The molecule has 0 spiro atoms. The number of nitrogens with one attached hydrogen (secondary N) is 2. The number of ketones is 1. The van der Waals surface area contributed by atoms with Gasteiger partial charge in [-0.15, -0.1) is 0 Å². The molecule has 0 bridgehead atoms. The van der Waals surface area contributed by atoms with Gasteiger partial charge in [-0.1, -0.05) is 67.9 Å². The van der Waals surface area contributed by atoms with Crippen LogP contribution in [0.15, 0.2) is 77.7 Å². The second-order valence-corrected chi connectivity index (χ2v) is 14.1. The molecule has 1 heterocycles. The first-order valence-corrected chi connectivity index (χ1v) is 16.9. The highest BCUT2D eigenvalue weighted by Gasteiger charge is 2.38. The molecule has 1 aliphatic heterocycles. The number of amides is 1. The van der Waals surface area contributed by atoms with E-state index in [0.717, 1.165) is 5.56 Å². The monoisotopic (exact) mass is 657 g/mol. The number of carbonyl (C=O) groups excluding carboxylic acids is 2. The molecule has 242 valence electrons. The Labute approximate surface area is 270 Å². The lowest BCUT2D eigenvalue weighted by molar-refractivity contribution is -0.121. The summed E-state index contributed by atoms with van der Waals surface area (Å²) in [6.45, 7) is 6.67. The summed E-state index contributed by atoms with van der Waals surface area (Å²) >= 11 is 6.28. The number of ether oxygens (including phenoxy) is 1. The quantitative estimate of drug-likeness (QED) is 0.258. The van der Waals surface area contributed by atoms with Gasteiger partial charge in [-0.25, -0.2) is 17.6 Å². The number of hydrogen-bond donors (Lipinski definition) is 2. The number of alkyl carbamates (subject to hydrolysis) is 1.